The van der Waals surface area contributed by atoms with Gasteiger partial charge in [-0.2, -0.15) is 11.8 Å². The maximum atomic E-state index is 14.0. The molecule has 1 aromatic carbocycles. The molecule has 6 heteroatoms. The second-order valence-electron chi connectivity index (χ2n) is 5.21. The van der Waals surface area contributed by atoms with E-state index in [0.717, 1.165) is 31.0 Å². The van der Waals surface area contributed by atoms with Gasteiger partial charge in [0.15, 0.2) is 0 Å². The van der Waals surface area contributed by atoms with Crippen molar-refractivity contribution in [3.8, 4) is 0 Å². The molecule has 0 saturated carbocycles. The van der Waals surface area contributed by atoms with Crippen molar-refractivity contribution in [2.75, 3.05) is 35.3 Å². The number of rotatable bonds is 8. The molecule has 1 amide bonds. The van der Waals surface area contributed by atoms with Gasteiger partial charge in [-0.3, -0.25) is 4.79 Å². The lowest BCUT2D eigenvalue weighted by atomic mass is 10.2. The number of carbonyl (C=O) groups excluding carboxylic acids is 1. The van der Waals surface area contributed by atoms with E-state index in [9.17, 15) is 9.18 Å². The zero-order chi connectivity index (χ0) is 15.8. The van der Waals surface area contributed by atoms with Gasteiger partial charge in [0.25, 0.3) is 0 Å². The van der Waals surface area contributed by atoms with Crippen LogP contribution < -0.4 is 10.6 Å². The number of halogens is 1. The molecule has 1 aromatic rings. The van der Waals surface area contributed by atoms with E-state index in [0.29, 0.717) is 24.3 Å². The van der Waals surface area contributed by atoms with E-state index >= 15 is 0 Å². The van der Waals surface area contributed by atoms with Crippen LogP contribution in [0.15, 0.2) is 18.2 Å². The number of carbonyl (C=O) groups is 1. The molecule has 2 rings (SSSR count). The molecule has 1 saturated heterocycles. The summed E-state index contributed by atoms with van der Waals surface area (Å²) >= 11 is 1.71. The lowest BCUT2D eigenvalue weighted by Crippen LogP contribution is -2.19. The van der Waals surface area contributed by atoms with Gasteiger partial charge in [-0.1, -0.05) is 6.92 Å². The van der Waals surface area contributed by atoms with Crippen molar-refractivity contribution in [1.82, 2.24) is 0 Å². The Morgan fingerprint density at radius 2 is 2.36 bits per heavy atom. The number of thioether (sulfide) groups is 1. The number of nitrogens with one attached hydrogen (secondary N) is 2. The largest absolute Gasteiger partial charge is 0.380 e. The van der Waals surface area contributed by atoms with Crippen molar-refractivity contribution in [3.05, 3.63) is 24.0 Å². The van der Waals surface area contributed by atoms with Crippen molar-refractivity contribution >= 4 is 29.0 Å². The maximum absolute atomic E-state index is 14.0. The first kappa shape index (κ1) is 17.1. The van der Waals surface area contributed by atoms with Crippen molar-refractivity contribution in [3.63, 3.8) is 0 Å². The Kier molecular flexibility index (Phi) is 6.99. The Balaban J connectivity index is 1.81. The van der Waals surface area contributed by atoms with Gasteiger partial charge in [0.05, 0.1) is 11.8 Å². The van der Waals surface area contributed by atoms with Gasteiger partial charge in [-0.05, 0) is 36.8 Å². The van der Waals surface area contributed by atoms with Gasteiger partial charge in [-0.25, -0.2) is 4.39 Å². The highest BCUT2D eigenvalue weighted by molar-refractivity contribution is 7.99. The van der Waals surface area contributed by atoms with Gasteiger partial charge in [0.1, 0.15) is 5.82 Å². The van der Waals surface area contributed by atoms with Crippen LogP contribution in [0.3, 0.4) is 0 Å². The smallest absolute Gasteiger partial charge is 0.225 e. The summed E-state index contributed by atoms with van der Waals surface area (Å²) in [5, 5.41) is 5.78. The van der Waals surface area contributed by atoms with Crippen LogP contribution in [0.5, 0.6) is 0 Å². The molecule has 0 bridgehead atoms. The molecule has 0 unspecified atom stereocenters. The number of ether oxygens (including phenoxy) is 1. The first-order valence-electron chi connectivity index (χ1n) is 7.71. The fourth-order valence-electron chi connectivity index (χ4n) is 2.30. The van der Waals surface area contributed by atoms with E-state index in [-0.39, 0.29) is 17.8 Å². The van der Waals surface area contributed by atoms with Crippen LogP contribution in [0.25, 0.3) is 0 Å². The van der Waals surface area contributed by atoms with Crippen LogP contribution in [-0.2, 0) is 9.53 Å². The molecular formula is C16H23FN2O2S. The Morgan fingerprint density at radius 3 is 3.05 bits per heavy atom. The highest BCUT2D eigenvalue weighted by Crippen LogP contribution is 2.20. The number of hydrogen-bond donors (Lipinski definition) is 2. The SMILES string of the molecule is CCSCCC(=O)Nc1ccc(NC[C@H]2CCCO2)c(F)c1. The molecule has 0 radical (unpaired) electrons. The van der Waals surface area contributed by atoms with Gasteiger partial charge < -0.3 is 15.4 Å². The van der Waals surface area contributed by atoms with E-state index in [1.165, 1.54) is 6.07 Å². The van der Waals surface area contributed by atoms with Crippen LogP contribution in [0.1, 0.15) is 26.2 Å². The van der Waals surface area contributed by atoms with Crippen LogP contribution in [0, 0.1) is 5.82 Å². The normalized spacial score (nSPS) is 17.5. The number of amides is 1. The zero-order valence-corrected chi connectivity index (χ0v) is 13.7. The Morgan fingerprint density at radius 1 is 1.50 bits per heavy atom. The first-order valence-corrected chi connectivity index (χ1v) is 8.87. The standard InChI is InChI=1S/C16H23FN2O2S/c1-2-22-9-7-16(20)19-12-5-6-15(14(17)10-12)18-11-13-4-3-8-21-13/h5-6,10,13,18H,2-4,7-9,11H2,1H3,(H,19,20)/t13-/m1/s1. The molecule has 1 atom stereocenters. The molecule has 0 aliphatic carbocycles. The Bertz CT molecular complexity index is 493. The summed E-state index contributed by atoms with van der Waals surface area (Å²) < 4.78 is 19.5. The summed E-state index contributed by atoms with van der Waals surface area (Å²) in [6.45, 7) is 3.45. The summed E-state index contributed by atoms with van der Waals surface area (Å²) in [5.41, 5.74) is 0.932. The monoisotopic (exact) mass is 326 g/mol. The van der Waals surface area contributed by atoms with E-state index in [1.807, 2.05) is 0 Å². The molecule has 0 aromatic heterocycles. The highest BCUT2D eigenvalue weighted by Gasteiger charge is 2.15. The van der Waals surface area contributed by atoms with Crippen molar-refractivity contribution in [2.45, 2.75) is 32.3 Å². The minimum absolute atomic E-state index is 0.0829. The minimum Gasteiger partial charge on any atom is -0.380 e. The maximum Gasteiger partial charge on any atom is 0.225 e. The average molecular weight is 326 g/mol. The lowest BCUT2D eigenvalue weighted by molar-refractivity contribution is -0.115. The number of anilines is 2. The summed E-state index contributed by atoms with van der Waals surface area (Å²) in [6.07, 6.45) is 2.68. The van der Waals surface area contributed by atoms with Crippen molar-refractivity contribution in [1.29, 1.82) is 0 Å². The van der Waals surface area contributed by atoms with E-state index < -0.39 is 0 Å². The average Bonchev–Trinajstić information content (AvgIpc) is 3.00. The van der Waals surface area contributed by atoms with Crippen molar-refractivity contribution in [2.24, 2.45) is 0 Å². The Hall–Kier alpha value is -1.27. The minimum atomic E-state index is -0.362. The van der Waals surface area contributed by atoms with Gasteiger partial charge in [0, 0.05) is 31.0 Å². The summed E-state index contributed by atoms with van der Waals surface area (Å²) in [4.78, 5) is 11.7. The van der Waals surface area contributed by atoms with E-state index in [2.05, 4.69) is 17.6 Å². The summed E-state index contributed by atoms with van der Waals surface area (Å²) in [5.74, 6) is 1.33. The molecule has 22 heavy (non-hydrogen) atoms. The van der Waals surface area contributed by atoms with Gasteiger partial charge in [-0.15, -0.1) is 0 Å². The third-order valence-electron chi connectivity index (χ3n) is 3.47. The highest BCUT2D eigenvalue weighted by atomic mass is 32.2. The van der Waals surface area contributed by atoms with Crippen LogP contribution >= 0.6 is 11.8 Å². The number of benzene rings is 1. The molecule has 1 fully saturated rings. The topological polar surface area (TPSA) is 50.4 Å². The third-order valence-corrected chi connectivity index (χ3v) is 4.38. The van der Waals surface area contributed by atoms with Gasteiger partial charge in [0.2, 0.25) is 5.91 Å². The quantitative estimate of drug-likeness (QED) is 0.718. The van der Waals surface area contributed by atoms with Crippen molar-refractivity contribution < 1.29 is 13.9 Å². The third kappa shape index (κ3) is 5.50. The zero-order valence-electron chi connectivity index (χ0n) is 12.9. The lowest BCUT2D eigenvalue weighted by Gasteiger charge is -2.13. The summed E-state index contributed by atoms with van der Waals surface area (Å²) in [6, 6.07) is 4.72. The molecule has 2 N–H and O–H groups in total. The predicted octanol–water partition coefficient (Wildman–Crippen LogP) is 3.50. The molecule has 1 heterocycles. The second kappa shape index (κ2) is 9.00. The molecule has 4 nitrogen and oxygen atoms in total. The van der Waals surface area contributed by atoms with Crippen LogP contribution in [-0.4, -0.2) is 36.7 Å². The second-order valence-corrected chi connectivity index (χ2v) is 6.60. The molecule has 1 aliphatic rings. The fourth-order valence-corrected chi connectivity index (χ4v) is 2.92. The molecule has 0 spiro atoms. The summed E-state index contributed by atoms with van der Waals surface area (Å²) in [7, 11) is 0. The molecule has 1 aliphatic heterocycles. The molecular weight excluding hydrogens is 303 g/mol. The number of hydrogen-bond acceptors (Lipinski definition) is 4. The van der Waals surface area contributed by atoms with Crippen LogP contribution in [0.4, 0.5) is 15.8 Å². The van der Waals surface area contributed by atoms with E-state index in [1.54, 1.807) is 23.9 Å². The first-order chi connectivity index (χ1) is 10.7. The van der Waals surface area contributed by atoms with E-state index in [4.69, 9.17) is 4.74 Å². The fraction of sp³-hybridized carbons (Fsp3) is 0.562. The predicted molar refractivity (Wildman–Crippen MR) is 90.1 cm³/mol. The van der Waals surface area contributed by atoms with Crippen LogP contribution in [0.2, 0.25) is 0 Å². The molecule has 122 valence electrons. The Labute approximate surface area is 135 Å². The van der Waals surface area contributed by atoms with Gasteiger partial charge >= 0.3 is 0 Å².